The molecular formula is C12H22. The van der Waals surface area contributed by atoms with Crippen LogP contribution in [-0.4, -0.2) is 0 Å². The van der Waals surface area contributed by atoms with Crippen molar-refractivity contribution in [2.75, 3.05) is 0 Å². The van der Waals surface area contributed by atoms with Crippen molar-refractivity contribution in [1.82, 2.24) is 0 Å². The molecule has 0 saturated carbocycles. The van der Waals surface area contributed by atoms with Gasteiger partial charge in [-0.2, -0.15) is 0 Å². The first kappa shape index (κ1) is 9.83. The van der Waals surface area contributed by atoms with E-state index in [-0.39, 0.29) is 0 Å². The van der Waals surface area contributed by atoms with Crippen LogP contribution < -0.4 is 0 Å². The highest BCUT2D eigenvalue weighted by molar-refractivity contribution is 5.05. The minimum Gasteiger partial charge on any atom is -0.0825 e. The molecule has 0 bridgehead atoms. The van der Waals surface area contributed by atoms with Gasteiger partial charge in [0.05, 0.1) is 0 Å². The molecule has 0 aromatic heterocycles. The molecular weight excluding hydrogens is 144 g/mol. The van der Waals surface area contributed by atoms with Gasteiger partial charge < -0.3 is 0 Å². The molecule has 12 heavy (non-hydrogen) atoms. The quantitative estimate of drug-likeness (QED) is 0.548. The molecule has 1 rings (SSSR count). The molecule has 0 spiro atoms. The van der Waals surface area contributed by atoms with E-state index in [1.54, 1.807) is 5.57 Å². The van der Waals surface area contributed by atoms with Gasteiger partial charge in [-0.1, -0.05) is 38.3 Å². The van der Waals surface area contributed by atoms with E-state index in [0.29, 0.717) is 0 Å². The maximum atomic E-state index is 2.53. The van der Waals surface area contributed by atoms with Crippen LogP contribution in [0, 0.1) is 5.92 Å². The van der Waals surface area contributed by atoms with Crippen molar-refractivity contribution in [3.05, 3.63) is 11.6 Å². The van der Waals surface area contributed by atoms with E-state index in [9.17, 15) is 0 Å². The number of rotatable bonds is 3. The van der Waals surface area contributed by atoms with Gasteiger partial charge in [-0.05, 0) is 38.0 Å². The minimum absolute atomic E-state index is 0.847. The van der Waals surface area contributed by atoms with Crippen LogP contribution in [0.4, 0.5) is 0 Å². The molecule has 1 unspecified atom stereocenters. The van der Waals surface area contributed by atoms with Crippen LogP contribution in [0.5, 0.6) is 0 Å². The second-order valence-electron chi connectivity index (χ2n) is 4.15. The SMILES string of the molecule is CCCCC1=CC(C)CCCC1. The standard InChI is InChI=1S/C12H22/c1-3-4-8-12-9-6-5-7-11(2)10-12/h10-11H,3-9H2,1-2H3. The zero-order valence-corrected chi connectivity index (χ0v) is 8.60. The zero-order valence-electron chi connectivity index (χ0n) is 8.60. The molecule has 0 radical (unpaired) electrons. The summed E-state index contributed by atoms with van der Waals surface area (Å²) in [6, 6.07) is 0. The number of unbranched alkanes of at least 4 members (excludes halogenated alkanes) is 1. The average Bonchev–Trinajstić information content (AvgIpc) is 2.26. The van der Waals surface area contributed by atoms with Crippen molar-refractivity contribution >= 4 is 0 Å². The molecule has 1 atom stereocenters. The third kappa shape index (κ3) is 3.42. The Bertz CT molecular complexity index is 144. The molecule has 0 heterocycles. The van der Waals surface area contributed by atoms with Gasteiger partial charge in [0.2, 0.25) is 0 Å². The summed E-state index contributed by atoms with van der Waals surface area (Å²) >= 11 is 0. The number of hydrogen-bond acceptors (Lipinski definition) is 0. The first-order chi connectivity index (χ1) is 5.83. The van der Waals surface area contributed by atoms with E-state index >= 15 is 0 Å². The molecule has 0 fully saturated rings. The summed E-state index contributed by atoms with van der Waals surface area (Å²) in [5.41, 5.74) is 1.74. The van der Waals surface area contributed by atoms with E-state index in [1.165, 1.54) is 44.9 Å². The summed E-state index contributed by atoms with van der Waals surface area (Å²) in [5.74, 6) is 0.847. The van der Waals surface area contributed by atoms with Crippen molar-refractivity contribution in [1.29, 1.82) is 0 Å². The molecule has 0 aromatic rings. The molecule has 0 N–H and O–H groups in total. The smallest absolute Gasteiger partial charge is 0.0259 e. The highest BCUT2D eigenvalue weighted by Gasteiger charge is 2.06. The fourth-order valence-electron chi connectivity index (χ4n) is 2.00. The highest BCUT2D eigenvalue weighted by Crippen LogP contribution is 2.24. The Labute approximate surface area is 77.1 Å². The monoisotopic (exact) mass is 166 g/mol. The minimum atomic E-state index is 0.847. The van der Waals surface area contributed by atoms with Gasteiger partial charge in [0.15, 0.2) is 0 Å². The summed E-state index contributed by atoms with van der Waals surface area (Å²) < 4.78 is 0. The predicted molar refractivity (Wildman–Crippen MR) is 55.2 cm³/mol. The molecule has 0 aliphatic heterocycles. The van der Waals surface area contributed by atoms with Gasteiger partial charge in [0.25, 0.3) is 0 Å². The Morgan fingerprint density at radius 1 is 1.42 bits per heavy atom. The second-order valence-corrected chi connectivity index (χ2v) is 4.15. The molecule has 70 valence electrons. The van der Waals surface area contributed by atoms with Crippen LogP contribution in [-0.2, 0) is 0 Å². The van der Waals surface area contributed by atoms with E-state index in [0.717, 1.165) is 5.92 Å². The average molecular weight is 166 g/mol. The van der Waals surface area contributed by atoms with Crippen molar-refractivity contribution in [2.45, 2.75) is 58.8 Å². The Balaban J connectivity index is 2.37. The summed E-state index contributed by atoms with van der Waals surface area (Å²) in [4.78, 5) is 0. The van der Waals surface area contributed by atoms with Gasteiger partial charge in [0.1, 0.15) is 0 Å². The lowest BCUT2D eigenvalue weighted by Gasteiger charge is -2.04. The molecule has 0 aromatic carbocycles. The fraction of sp³-hybridized carbons (Fsp3) is 0.833. The van der Waals surface area contributed by atoms with Gasteiger partial charge in [-0.15, -0.1) is 0 Å². The number of allylic oxidation sites excluding steroid dienone is 2. The lowest BCUT2D eigenvalue weighted by atomic mass is 10.0. The normalized spacial score (nSPS) is 24.8. The van der Waals surface area contributed by atoms with E-state index in [1.807, 2.05) is 0 Å². The second kappa shape index (κ2) is 5.40. The molecule has 0 amide bonds. The van der Waals surface area contributed by atoms with Crippen LogP contribution in [0.25, 0.3) is 0 Å². The third-order valence-electron chi connectivity index (χ3n) is 2.78. The van der Waals surface area contributed by atoms with Crippen molar-refractivity contribution in [2.24, 2.45) is 5.92 Å². The summed E-state index contributed by atoms with van der Waals surface area (Å²) in [5, 5.41) is 0. The van der Waals surface area contributed by atoms with E-state index in [2.05, 4.69) is 19.9 Å². The van der Waals surface area contributed by atoms with E-state index in [4.69, 9.17) is 0 Å². The van der Waals surface area contributed by atoms with E-state index < -0.39 is 0 Å². The van der Waals surface area contributed by atoms with Crippen LogP contribution in [0.15, 0.2) is 11.6 Å². The van der Waals surface area contributed by atoms with Gasteiger partial charge in [0, 0.05) is 0 Å². The fourth-order valence-corrected chi connectivity index (χ4v) is 2.00. The van der Waals surface area contributed by atoms with Crippen LogP contribution >= 0.6 is 0 Å². The molecule has 1 aliphatic rings. The first-order valence-electron chi connectivity index (χ1n) is 5.52. The van der Waals surface area contributed by atoms with Crippen molar-refractivity contribution in [3.8, 4) is 0 Å². The van der Waals surface area contributed by atoms with Gasteiger partial charge in [-0.25, -0.2) is 0 Å². The topological polar surface area (TPSA) is 0 Å². The van der Waals surface area contributed by atoms with Gasteiger partial charge in [-0.3, -0.25) is 0 Å². The van der Waals surface area contributed by atoms with Crippen LogP contribution in [0.1, 0.15) is 58.8 Å². The lowest BCUT2D eigenvalue weighted by molar-refractivity contribution is 0.604. The lowest BCUT2D eigenvalue weighted by Crippen LogP contribution is -1.88. The number of hydrogen-bond donors (Lipinski definition) is 0. The van der Waals surface area contributed by atoms with Crippen LogP contribution in [0.2, 0.25) is 0 Å². The summed E-state index contributed by atoms with van der Waals surface area (Å²) in [6.07, 6.45) is 12.3. The predicted octanol–water partition coefficient (Wildman–Crippen LogP) is 4.31. The molecule has 0 nitrogen and oxygen atoms in total. The van der Waals surface area contributed by atoms with Crippen LogP contribution in [0.3, 0.4) is 0 Å². The summed E-state index contributed by atoms with van der Waals surface area (Å²) in [6.45, 7) is 4.64. The van der Waals surface area contributed by atoms with Crippen molar-refractivity contribution < 1.29 is 0 Å². The molecule has 0 saturated heterocycles. The molecule has 1 aliphatic carbocycles. The molecule has 0 heteroatoms. The Morgan fingerprint density at radius 3 is 3.00 bits per heavy atom. The Hall–Kier alpha value is -0.260. The zero-order chi connectivity index (χ0) is 8.81. The van der Waals surface area contributed by atoms with Gasteiger partial charge >= 0.3 is 0 Å². The first-order valence-corrected chi connectivity index (χ1v) is 5.52. The third-order valence-corrected chi connectivity index (χ3v) is 2.78. The maximum absolute atomic E-state index is 2.53. The van der Waals surface area contributed by atoms with Crippen molar-refractivity contribution in [3.63, 3.8) is 0 Å². The highest BCUT2D eigenvalue weighted by atomic mass is 14.1. The summed E-state index contributed by atoms with van der Waals surface area (Å²) in [7, 11) is 0. The Morgan fingerprint density at radius 2 is 2.25 bits per heavy atom. The Kier molecular flexibility index (Phi) is 4.42. The maximum Gasteiger partial charge on any atom is -0.0259 e. The largest absolute Gasteiger partial charge is 0.0825 e.